The van der Waals surface area contributed by atoms with Crippen LogP contribution in [0.25, 0.3) is 6.08 Å². The maximum atomic E-state index is 13.3. The molecule has 1 aromatic carbocycles. The number of methoxy groups -OCH3 is 1. The summed E-state index contributed by atoms with van der Waals surface area (Å²) in [6.07, 6.45) is 2.93. The molecular formula is C13H16FNO2. The predicted octanol–water partition coefficient (Wildman–Crippen LogP) is 2.37. The van der Waals surface area contributed by atoms with Gasteiger partial charge in [-0.05, 0) is 37.6 Å². The lowest BCUT2D eigenvalue weighted by molar-refractivity contribution is -0.116. The number of nitrogens with one attached hydrogen (secondary N) is 1. The molecular weight excluding hydrogens is 221 g/mol. The molecule has 0 aliphatic rings. The average molecular weight is 237 g/mol. The quantitative estimate of drug-likeness (QED) is 0.816. The number of benzene rings is 1. The van der Waals surface area contributed by atoms with Gasteiger partial charge in [0.25, 0.3) is 0 Å². The molecule has 0 spiro atoms. The Kier molecular flexibility index (Phi) is 4.69. The molecule has 1 N–H and O–H groups in total. The summed E-state index contributed by atoms with van der Waals surface area (Å²) in [5, 5.41) is 2.71. The van der Waals surface area contributed by atoms with E-state index < -0.39 is 5.82 Å². The predicted molar refractivity (Wildman–Crippen MR) is 65.3 cm³/mol. The first-order chi connectivity index (χ1) is 8.02. The molecule has 0 atom stereocenters. The number of carbonyl (C=O) groups is 1. The van der Waals surface area contributed by atoms with Gasteiger partial charge in [-0.3, -0.25) is 4.79 Å². The van der Waals surface area contributed by atoms with Crippen LogP contribution in [0.5, 0.6) is 5.75 Å². The molecule has 0 saturated heterocycles. The molecule has 0 saturated carbocycles. The Balaban J connectivity index is 2.72. The molecule has 0 heterocycles. The van der Waals surface area contributed by atoms with E-state index in [0.717, 1.165) is 0 Å². The lowest BCUT2D eigenvalue weighted by Crippen LogP contribution is -2.28. The molecule has 0 aromatic heterocycles. The minimum absolute atomic E-state index is 0.0831. The summed E-state index contributed by atoms with van der Waals surface area (Å²) in [5.74, 6) is -0.455. The zero-order valence-corrected chi connectivity index (χ0v) is 10.2. The van der Waals surface area contributed by atoms with Crippen LogP contribution in [-0.4, -0.2) is 19.1 Å². The van der Waals surface area contributed by atoms with Gasteiger partial charge in [0.05, 0.1) is 7.11 Å². The molecule has 4 heteroatoms. The standard InChI is InChI=1S/C13H16FNO2/c1-9(2)15-13(16)7-5-10-4-6-12(17-3)11(14)8-10/h4-9H,1-3H3,(H,15,16)/b7-5+. The lowest BCUT2D eigenvalue weighted by Gasteiger charge is -2.04. The number of halogens is 1. The van der Waals surface area contributed by atoms with Gasteiger partial charge in [-0.1, -0.05) is 6.07 Å². The molecule has 1 aromatic rings. The summed E-state index contributed by atoms with van der Waals surface area (Å²) in [6, 6.07) is 4.61. The van der Waals surface area contributed by atoms with Crippen molar-refractivity contribution in [1.29, 1.82) is 0 Å². The van der Waals surface area contributed by atoms with Crippen molar-refractivity contribution in [2.45, 2.75) is 19.9 Å². The molecule has 0 unspecified atom stereocenters. The third kappa shape index (κ3) is 4.26. The van der Waals surface area contributed by atoms with E-state index >= 15 is 0 Å². The Hall–Kier alpha value is -1.84. The summed E-state index contributed by atoms with van der Waals surface area (Å²) in [5.41, 5.74) is 0.613. The van der Waals surface area contributed by atoms with Crippen LogP contribution in [0, 0.1) is 5.82 Å². The second kappa shape index (κ2) is 6.03. The first-order valence-electron chi connectivity index (χ1n) is 5.35. The smallest absolute Gasteiger partial charge is 0.244 e. The van der Waals surface area contributed by atoms with E-state index in [0.29, 0.717) is 5.56 Å². The Morgan fingerprint density at radius 2 is 2.18 bits per heavy atom. The van der Waals surface area contributed by atoms with E-state index in [1.165, 1.54) is 25.3 Å². The van der Waals surface area contributed by atoms with Gasteiger partial charge in [-0.2, -0.15) is 0 Å². The van der Waals surface area contributed by atoms with Gasteiger partial charge < -0.3 is 10.1 Å². The van der Waals surface area contributed by atoms with Gasteiger partial charge in [-0.25, -0.2) is 4.39 Å². The Morgan fingerprint density at radius 1 is 1.47 bits per heavy atom. The molecule has 1 rings (SSSR count). The molecule has 92 valence electrons. The lowest BCUT2D eigenvalue weighted by atomic mass is 10.2. The number of hydrogen-bond donors (Lipinski definition) is 1. The van der Waals surface area contributed by atoms with Crippen LogP contribution in [0.1, 0.15) is 19.4 Å². The van der Waals surface area contributed by atoms with Crippen molar-refractivity contribution in [1.82, 2.24) is 5.32 Å². The highest BCUT2D eigenvalue weighted by Crippen LogP contribution is 2.18. The van der Waals surface area contributed by atoms with E-state index in [4.69, 9.17) is 4.74 Å². The Labute approximate surface area is 100 Å². The minimum Gasteiger partial charge on any atom is -0.494 e. The molecule has 0 aliphatic heterocycles. The fraction of sp³-hybridized carbons (Fsp3) is 0.308. The molecule has 1 amide bonds. The third-order valence-corrected chi connectivity index (χ3v) is 2.03. The number of rotatable bonds is 4. The minimum atomic E-state index is -0.445. The van der Waals surface area contributed by atoms with E-state index in [1.54, 1.807) is 12.1 Å². The average Bonchev–Trinajstić information content (AvgIpc) is 2.25. The second-order valence-corrected chi connectivity index (χ2v) is 3.89. The van der Waals surface area contributed by atoms with Crippen molar-refractivity contribution in [3.63, 3.8) is 0 Å². The van der Waals surface area contributed by atoms with Crippen molar-refractivity contribution in [2.75, 3.05) is 7.11 Å². The normalized spacial score (nSPS) is 10.9. The first-order valence-corrected chi connectivity index (χ1v) is 5.35. The molecule has 0 fully saturated rings. The highest BCUT2D eigenvalue weighted by Gasteiger charge is 2.02. The van der Waals surface area contributed by atoms with Crippen LogP contribution in [-0.2, 0) is 4.79 Å². The largest absolute Gasteiger partial charge is 0.494 e. The summed E-state index contributed by atoms with van der Waals surface area (Å²) in [7, 11) is 1.41. The highest BCUT2D eigenvalue weighted by atomic mass is 19.1. The maximum Gasteiger partial charge on any atom is 0.244 e. The topological polar surface area (TPSA) is 38.3 Å². The molecule has 0 bridgehead atoms. The van der Waals surface area contributed by atoms with Gasteiger partial charge in [0.2, 0.25) is 5.91 Å². The van der Waals surface area contributed by atoms with Gasteiger partial charge >= 0.3 is 0 Å². The Morgan fingerprint density at radius 3 is 2.71 bits per heavy atom. The van der Waals surface area contributed by atoms with E-state index in [-0.39, 0.29) is 17.7 Å². The fourth-order valence-corrected chi connectivity index (χ4v) is 1.29. The number of amides is 1. The second-order valence-electron chi connectivity index (χ2n) is 3.89. The van der Waals surface area contributed by atoms with Crippen LogP contribution < -0.4 is 10.1 Å². The summed E-state index contributed by atoms with van der Waals surface area (Å²) in [4.78, 5) is 11.3. The Bertz CT molecular complexity index is 427. The van der Waals surface area contributed by atoms with E-state index in [1.807, 2.05) is 13.8 Å². The van der Waals surface area contributed by atoms with Gasteiger partial charge in [0.1, 0.15) is 0 Å². The number of carbonyl (C=O) groups excluding carboxylic acids is 1. The van der Waals surface area contributed by atoms with Crippen molar-refractivity contribution < 1.29 is 13.9 Å². The number of ether oxygens (including phenoxy) is 1. The van der Waals surface area contributed by atoms with Crippen molar-refractivity contribution in [3.8, 4) is 5.75 Å². The highest BCUT2D eigenvalue weighted by molar-refractivity contribution is 5.91. The zero-order chi connectivity index (χ0) is 12.8. The van der Waals surface area contributed by atoms with Crippen LogP contribution in [0.2, 0.25) is 0 Å². The van der Waals surface area contributed by atoms with Crippen molar-refractivity contribution in [2.24, 2.45) is 0 Å². The molecule has 17 heavy (non-hydrogen) atoms. The summed E-state index contributed by atoms with van der Waals surface area (Å²) < 4.78 is 18.1. The van der Waals surface area contributed by atoms with Gasteiger partial charge in [0.15, 0.2) is 11.6 Å². The first kappa shape index (κ1) is 13.2. The van der Waals surface area contributed by atoms with Crippen LogP contribution >= 0.6 is 0 Å². The van der Waals surface area contributed by atoms with Crippen molar-refractivity contribution >= 4 is 12.0 Å². The van der Waals surface area contributed by atoms with E-state index in [2.05, 4.69) is 5.32 Å². The third-order valence-electron chi connectivity index (χ3n) is 2.03. The molecule has 0 radical (unpaired) electrons. The zero-order valence-electron chi connectivity index (χ0n) is 10.2. The molecule has 3 nitrogen and oxygen atoms in total. The maximum absolute atomic E-state index is 13.3. The number of hydrogen-bond acceptors (Lipinski definition) is 2. The molecule has 0 aliphatic carbocycles. The van der Waals surface area contributed by atoms with Gasteiger partial charge in [0, 0.05) is 12.1 Å². The van der Waals surface area contributed by atoms with Gasteiger partial charge in [-0.15, -0.1) is 0 Å². The SMILES string of the molecule is COc1ccc(/C=C/C(=O)NC(C)C)cc1F. The monoisotopic (exact) mass is 237 g/mol. The van der Waals surface area contributed by atoms with Crippen LogP contribution in [0.3, 0.4) is 0 Å². The van der Waals surface area contributed by atoms with E-state index in [9.17, 15) is 9.18 Å². The summed E-state index contributed by atoms with van der Waals surface area (Å²) >= 11 is 0. The van der Waals surface area contributed by atoms with Crippen LogP contribution in [0.15, 0.2) is 24.3 Å². The van der Waals surface area contributed by atoms with Crippen molar-refractivity contribution in [3.05, 3.63) is 35.7 Å². The summed E-state index contributed by atoms with van der Waals surface area (Å²) in [6.45, 7) is 3.75. The fourth-order valence-electron chi connectivity index (χ4n) is 1.29. The van der Waals surface area contributed by atoms with Crippen LogP contribution in [0.4, 0.5) is 4.39 Å².